The van der Waals surface area contributed by atoms with Crippen molar-refractivity contribution in [2.24, 2.45) is 5.92 Å². The molecule has 1 aliphatic heterocycles. The highest BCUT2D eigenvalue weighted by atomic mass is 16.5. The van der Waals surface area contributed by atoms with E-state index in [1.165, 1.54) is 12.8 Å². The molecule has 0 bridgehead atoms. The van der Waals surface area contributed by atoms with Crippen LogP contribution in [0.5, 0.6) is 0 Å². The monoisotopic (exact) mass is 241 g/mol. The Labute approximate surface area is 105 Å². The van der Waals surface area contributed by atoms with Gasteiger partial charge in [0.1, 0.15) is 0 Å². The molecule has 1 heterocycles. The van der Waals surface area contributed by atoms with E-state index in [1.807, 2.05) is 0 Å². The van der Waals surface area contributed by atoms with Crippen molar-refractivity contribution in [1.82, 2.24) is 5.32 Å². The van der Waals surface area contributed by atoms with Gasteiger partial charge in [-0.2, -0.15) is 0 Å². The van der Waals surface area contributed by atoms with Crippen LogP contribution in [0.3, 0.4) is 0 Å². The summed E-state index contributed by atoms with van der Waals surface area (Å²) >= 11 is 0. The molecule has 1 saturated heterocycles. The average molecular weight is 241 g/mol. The molecule has 2 fully saturated rings. The maximum Gasteiger partial charge on any atom is 0.0824 e. The van der Waals surface area contributed by atoms with Gasteiger partial charge in [-0.25, -0.2) is 0 Å². The predicted octanol–water partition coefficient (Wildman–Crippen LogP) is 2.08. The van der Waals surface area contributed by atoms with Crippen LogP contribution in [0.2, 0.25) is 0 Å². The zero-order valence-electron chi connectivity index (χ0n) is 11.2. The van der Waals surface area contributed by atoms with E-state index in [2.05, 4.69) is 12.2 Å². The Balaban J connectivity index is 1.98. The Kier molecular flexibility index (Phi) is 4.45. The lowest BCUT2D eigenvalue weighted by molar-refractivity contribution is -0.0884. The standard InChI is InChI=1S/C14H27NO2/c1-3-11-6-8-15-13(9-11)14(16)7-4-5-12(10-14)17-2/h11-13,15-16H,3-10H2,1-2H3. The lowest BCUT2D eigenvalue weighted by Gasteiger charge is -2.45. The summed E-state index contributed by atoms with van der Waals surface area (Å²) in [5.74, 6) is 0.785. The molecule has 0 aromatic heterocycles. The third-order valence-corrected chi connectivity index (χ3v) is 4.79. The quantitative estimate of drug-likeness (QED) is 0.795. The lowest BCUT2D eigenvalue weighted by Crippen LogP contribution is -2.57. The van der Waals surface area contributed by atoms with E-state index in [9.17, 15) is 5.11 Å². The van der Waals surface area contributed by atoms with Crippen LogP contribution in [-0.4, -0.2) is 36.5 Å². The van der Waals surface area contributed by atoms with Crippen molar-refractivity contribution in [1.29, 1.82) is 0 Å². The first kappa shape index (κ1) is 13.3. The molecule has 0 spiro atoms. The van der Waals surface area contributed by atoms with Crippen molar-refractivity contribution in [3.63, 3.8) is 0 Å². The minimum Gasteiger partial charge on any atom is -0.388 e. The van der Waals surface area contributed by atoms with Crippen molar-refractivity contribution >= 4 is 0 Å². The van der Waals surface area contributed by atoms with Gasteiger partial charge in [-0.1, -0.05) is 13.3 Å². The first-order valence-electron chi connectivity index (χ1n) is 7.16. The zero-order chi connectivity index (χ0) is 12.3. The van der Waals surface area contributed by atoms with E-state index >= 15 is 0 Å². The smallest absolute Gasteiger partial charge is 0.0824 e. The molecule has 4 unspecified atom stereocenters. The molecule has 4 atom stereocenters. The number of methoxy groups -OCH3 is 1. The van der Waals surface area contributed by atoms with Gasteiger partial charge in [0, 0.05) is 19.6 Å². The summed E-state index contributed by atoms with van der Waals surface area (Å²) in [5.41, 5.74) is -0.535. The number of piperidine rings is 1. The van der Waals surface area contributed by atoms with Gasteiger partial charge in [-0.3, -0.25) is 0 Å². The largest absolute Gasteiger partial charge is 0.388 e. The fraction of sp³-hybridized carbons (Fsp3) is 1.00. The normalized spacial score (nSPS) is 43.6. The van der Waals surface area contributed by atoms with E-state index in [1.54, 1.807) is 7.11 Å². The molecular weight excluding hydrogens is 214 g/mol. The van der Waals surface area contributed by atoms with Gasteiger partial charge >= 0.3 is 0 Å². The minimum atomic E-state index is -0.535. The van der Waals surface area contributed by atoms with Crippen molar-refractivity contribution < 1.29 is 9.84 Å². The number of nitrogens with one attached hydrogen (secondary N) is 1. The first-order valence-corrected chi connectivity index (χ1v) is 7.16. The topological polar surface area (TPSA) is 41.5 Å². The van der Waals surface area contributed by atoms with Crippen molar-refractivity contribution in [2.45, 2.75) is 69.6 Å². The van der Waals surface area contributed by atoms with Gasteiger partial charge in [0.25, 0.3) is 0 Å². The molecule has 1 aliphatic carbocycles. The van der Waals surface area contributed by atoms with Crippen LogP contribution in [-0.2, 0) is 4.74 Å². The number of aliphatic hydroxyl groups is 1. The SMILES string of the molecule is CCC1CCNC(C2(O)CCCC(OC)C2)C1. The summed E-state index contributed by atoms with van der Waals surface area (Å²) in [6.07, 6.45) is 7.80. The van der Waals surface area contributed by atoms with Crippen molar-refractivity contribution in [3.8, 4) is 0 Å². The second-order valence-electron chi connectivity index (χ2n) is 5.86. The highest BCUT2D eigenvalue weighted by Gasteiger charge is 2.42. The van der Waals surface area contributed by atoms with Gasteiger partial charge in [0.2, 0.25) is 0 Å². The van der Waals surface area contributed by atoms with Gasteiger partial charge < -0.3 is 15.2 Å². The molecule has 100 valence electrons. The second-order valence-corrected chi connectivity index (χ2v) is 5.86. The molecular formula is C14H27NO2. The van der Waals surface area contributed by atoms with Crippen LogP contribution < -0.4 is 5.32 Å². The lowest BCUT2D eigenvalue weighted by atomic mass is 9.73. The molecule has 3 heteroatoms. The number of ether oxygens (including phenoxy) is 1. The maximum absolute atomic E-state index is 10.9. The number of hydrogen-bond donors (Lipinski definition) is 2. The summed E-state index contributed by atoms with van der Waals surface area (Å²) in [4.78, 5) is 0. The number of rotatable bonds is 3. The fourth-order valence-corrected chi connectivity index (χ4v) is 3.53. The summed E-state index contributed by atoms with van der Waals surface area (Å²) in [7, 11) is 1.76. The van der Waals surface area contributed by atoms with Gasteiger partial charge in [0.05, 0.1) is 11.7 Å². The van der Waals surface area contributed by atoms with E-state index < -0.39 is 5.60 Å². The molecule has 0 aromatic carbocycles. The highest BCUT2D eigenvalue weighted by molar-refractivity contribution is 4.98. The van der Waals surface area contributed by atoms with Gasteiger partial charge in [0.15, 0.2) is 0 Å². The minimum absolute atomic E-state index is 0.248. The number of hydrogen-bond acceptors (Lipinski definition) is 3. The van der Waals surface area contributed by atoms with Crippen LogP contribution in [0.4, 0.5) is 0 Å². The van der Waals surface area contributed by atoms with Crippen molar-refractivity contribution in [3.05, 3.63) is 0 Å². The summed E-state index contributed by atoms with van der Waals surface area (Å²) in [6, 6.07) is 0.277. The zero-order valence-corrected chi connectivity index (χ0v) is 11.2. The highest BCUT2D eigenvalue weighted by Crippen LogP contribution is 2.36. The Morgan fingerprint density at radius 1 is 1.41 bits per heavy atom. The van der Waals surface area contributed by atoms with Crippen molar-refractivity contribution in [2.75, 3.05) is 13.7 Å². The summed E-state index contributed by atoms with van der Waals surface area (Å²) < 4.78 is 5.44. The van der Waals surface area contributed by atoms with Crippen LogP contribution in [0.25, 0.3) is 0 Å². The third kappa shape index (κ3) is 3.01. The molecule has 2 aliphatic rings. The van der Waals surface area contributed by atoms with Crippen LogP contribution >= 0.6 is 0 Å². The van der Waals surface area contributed by atoms with Crippen LogP contribution in [0.15, 0.2) is 0 Å². The Hall–Kier alpha value is -0.120. The molecule has 0 aromatic rings. The van der Waals surface area contributed by atoms with E-state index in [-0.39, 0.29) is 12.1 Å². The first-order chi connectivity index (χ1) is 8.18. The third-order valence-electron chi connectivity index (χ3n) is 4.79. The van der Waals surface area contributed by atoms with Crippen LogP contribution in [0.1, 0.15) is 51.9 Å². The Bertz CT molecular complexity index is 246. The summed E-state index contributed by atoms with van der Waals surface area (Å²) in [6.45, 7) is 3.32. The molecule has 1 saturated carbocycles. The van der Waals surface area contributed by atoms with Crippen LogP contribution in [0, 0.1) is 5.92 Å². The van der Waals surface area contributed by atoms with Gasteiger partial charge in [-0.15, -0.1) is 0 Å². The fourth-order valence-electron chi connectivity index (χ4n) is 3.53. The van der Waals surface area contributed by atoms with E-state index in [0.717, 1.165) is 44.6 Å². The molecule has 0 amide bonds. The molecule has 17 heavy (non-hydrogen) atoms. The molecule has 0 radical (unpaired) electrons. The Morgan fingerprint density at radius 2 is 2.24 bits per heavy atom. The second kappa shape index (κ2) is 5.68. The predicted molar refractivity (Wildman–Crippen MR) is 69.0 cm³/mol. The van der Waals surface area contributed by atoms with Gasteiger partial charge in [-0.05, 0) is 44.6 Å². The summed E-state index contributed by atoms with van der Waals surface area (Å²) in [5, 5.41) is 14.4. The molecule has 3 nitrogen and oxygen atoms in total. The van der Waals surface area contributed by atoms with E-state index in [0.29, 0.717) is 0 Å². The maximum atomic E-state index is 10.9. The van der Waals surface area contributed by atoms with E-state index in [4.69, 9.17) is 4.74 Å². The average Bonchev–Trinajstić information content (AvgIpc) is 2.39. The molecule has 2 rings (SSSR count). The molecule has 2 N–H and O–H groups in total. The Morgan fingerprint density at radius 3 is 2.94 bits per heavy atom.